The monoisotopic (exact) mass is 188 g/mol. The van der Waals surface area contributed by atoms with E-state index in [1.54, 1.807) is 25.2 Å². The van der Waals surface area contributed by atoms with E-state index in [1.165, 1.54) is 0 Å². The SMILES string of the molecule is CN=Nc1cc(Cl)cc(Cl)c1. The molecule has 58 valence electrons. The minimum atomic E-state index is 0.569. The molecule has 1 aromatic carbocycles. The van der Waals surface area contributed by atoms with Gasteiger partial charge in [-0.1, -0.05) is 23.2 Å². The Kier molecular flexibility index (Phi) is 2.85. The normalized spacial score (nSPS) is 10.8. The average molecular weight is 189 g/mol. The first-order chi connectivity index (χ1) is 5.22. The third-order valence-electron chi connectivity index (χ3n) is 1.06. The van der Waals surface area contributed by atoms with Gasteiger partial charge in [-0.2, -0.15) is 10.2 Å². The van der Waals surface area contributed by atoms with Crippen LogP contribution >= 0.6 is 23.2 Å². The Bertz CT molecular complexity index is 264. The van der Waals surface area contributed by atoms with Crippen LogP contribution in [0.25, 0.3) is 0 Å². The number of hydrogen-bond acceptors (Lipinski definition) is 2. The van der Waals surface area contributed by atoms with Gasteiger partial charge in [0.15, 0.2) is 0 Å². The van der Waals surface area contributed by atoms with Gasteiger partial charge in [-0.3, -0.25) is 0 Å². The van der Waals surface area contributed by atoms with E-state index in [0.29, 0.717) is 15.7 Å². The van der Waals surface area contributed by atoms with Crippen molar-refractivity contribution in [2.24, 2.45) is 10.2 Å². The van der Waals surface area contributed by atoms with E-state index in [4.69, 9.17) is 23.2 Å². The topological polar surface area (TPSA) is 24.7 Å². The smallest absolute Gasteiger partial charge is 0.0882 e. The second kappa shape index (κ2) is 3.69. The highest BCUT2D eigenvalue weighted by atomic mass is 35.5. The Morgan fingerprint density at radius 1 is 1.09 bits per heavy atom. The van der Waals surface area contributed by atoms with Gasteiger partial charge in [0, 0.05) is 17.1 Å². The first-order valence-electron chi connectivity index (χ1n) is 2.98. The lowest BCUT2D eigenvalue weighted by atomic mass is 10.3. The summed E-state index contributed by atoms with van der Waals surface area (Å²) >= 11 is 11.4. The van der Waals surface area contributed by atoms with E-state index in [2.05, 4.69) is 10.2 Å². The Balaban J connectivity index is 3.08. The van der Waals surface area contributed by atoms with Crippen LogP contribution in [0.3, 0.4) is 0 Å². The number of halogens is 2. The molecule has 0 atom stereocenters. The number of benzene rings is 1. The zero-order chi connectivity index (χ0) is 8.27. The van der Waals surface area contributed by atoms with Gasteiger partial charge >= 0.3 is 0 Å². The predicted octanol–water partition coefficient (Wildman–Crippen LogP) is 3.71. The molecule has 0 saturated heterocycles. The van der Waals surface area contributed by atoms with Crippen LogP contribution in [0.5, 0.6) is 0 Å². The number of nitrogens with zero attached hydrogens (tertiary/aromatic N) is 2. The molecule has 0 aliphatic heterocycles. The maximum atomic E-state index is 5.70. The van der Waals surface area contributed by atoms with Gasteiger partial charge in [-0.05, 0) is 18.2 Å². The van der Waals surface area contributed by atoms with E-state index in [1.807, 2.05) is 0 Å². The molecule has 1 rings (SSSR count). The van der Waals surface area contributed by atoms with Crippen molar-refractivity contribution in [1.82, 2.24) is 0 Å². The lowest BCUT2D eigenvalue weighted by molar-refractivity contribution is 1.17. The van der Waals surface area contributed by atoms with Crippen molar-refractivity contribution in [1.29, 1.82) is 0 Å². The maximum Gasteiger partial charge on any atom is 0.0882 e. The zero-order valence-electron chi connectivity index (χ0n) is 5.88. The molecule has 0 aromatic heterocycles. The fraction of sp³-hybridized carbons (Fsp3) is 0.143. The summed E-state index contributed by atoms with van der Waals surface area (Å²) in [6.07, 6.45) is 0. The third-order valence-corrected chi connectivity index (χ3v) is 1.50. The first-order valence-corrected chi connectivity index (χ1v) is 3.74. The molecular formula is C7H6Cl2N2. The summed E-state index contributed by atoms with van der Waals surface area (Å²) in [5, 5.41) is 8.52. The summed E-state index contributed by atoms with van der Waals surface area (Å²) in [4.78, 5) is 0. The molecule has 0 saturated carbocycles. The average Bonchev–Trinajstić information content (AvgIpc) is 1.85. The molecule has 0 fully saturated rings. The second-order valence-corrected chi connectivity index (χ2v) is 2.80. The lowest BCUT2D eigenvalue weighted by Gasteiger charge is -1.94. The van der Waals surface area contributed by atoms with Crippen LogP contribution in [0.15, 0.2) is 28.4 Å². The fourth-order valence-electron chi connectivity index (χ4n) is 0.712. The number of rotatable bonds is 1. The van der Waals surface area contributed by atoms with Crippen LogP contribution in [-0.4, -0.2) is 7.05 Å². The van der Waals surface area contributed by atoms with Crippen LogP contribution in [0.2, 0.25) is 10.0 Å². The van der Waals surface area contributed by atoms with Crippen molar-refractivity contribution in [3.05, 3.63) is 28.2 Å². The summed E-state index contributed by atoms with van der Waals surface area (Å²) in [6, 6.07) is 5.04. The molecule has 0 bridgehead atoms. The molecule has 1 aromatic rings. The molecule has 0 spiro atoms. The van der Waals surface area contributed by atoms with Crippen molar-refractivity contribution in [2.45, 2.75) is 0 Å². The largest absolute Gasteiger partial charge is 0.192 e. The van der Waals surface area contributed by atoms with E-state index < -0.39 is 0 Å². The highest BCUT2D eigenvalue weighted by Gasteiger charge is 1.95. The summed E-state index contributed by atoms with van der Waals surface area (Å²) in [5.41, 5.74) is 0.671. The molecule has 0 aliphatic carbocycles. The van der Waals surface area contributed by atoms with Gasteiger partial charge in [-0.15, -0.1) is 0 Å². The van der Waals surface area contributed by atoms with Crippen LogP contribution in [0, 0.1) is 0 Å². The molecule has 0 aliphatic rings. The van der Waals surface area contributed by atoms with Gasteiger partial charge < -0.3 is 0 Å². The standard InChI is InChI=1S/C7H6Cl2N2/c1-10-11-7-3-5(8)2-6(9)4-7/h2-4H,1H3. The molecule has 4 heteroatoms. The molecule has 2 nitrogen and oxygen atoms in total. The first kappa shape index (κ1) is 8.50. The quantitative estimate of drug-likeness (QED) is 0.601. The van der Waals surface area contributed by atoms with Crippen LogP contribution in [0.4, 0.5) is 5.69 Å². The Labute approximate surface area is 74.8 Å². The Hall–Kier alpha value is -0.600. The second-order valence-electron chi connectivity index (χ2n) is 1.93. The summed E-state index contributed by atoms with van der Waals surface area (Å²) in [5.74, 6) is 0. The molecular weight excluding hydrogens is 183 g/mol. The molecule has 11 heavy (non-hydrogen) atoms. The maximum absolute atomic E-state index is 5.70. The summed E-state index contributed by atoms with van der Waals surface area (Å²) in [7, 11) is 1.59. The minimum Gasteiger partial charge on any atom is -0.192 e. The van der Waals surface area contributed by atoms with Gasteiger partial charge in [0.05, 0.1) is 5.69 Å². The van der Waals surface area contributed by atoms with Crippen LogP contribution < -0.4 is 0 Å². The fourth-order valence-corrected chi connectivity index (χ4v) is 1.23. The highest BCUT2D eigenvalue weighted by Crippen LogP contribution is 2.24. The van der Waals surface area contributed by atoms with Gasteiger partial charge in [-0.25, -0.2) is 0 Å². The summed E-state index contributed by atoms with van der Waals surface area (Å²) < 4.78 is 0. The Morgan fingerprint density at radius 3 is 2.09 bits per heavy atom. The Morgan fingerprint density at radius 2 is 1.64 bits per heavy atom. The van der Waals surface area contributed by atoms with E-state index >= 15 is 0 Å². The van der Waals surface area contributed by atoms with E-state index in [9.17, 15) is 0 Å². The van der Waals surface area contributed by atoms with Gasteiger partial charge in [0.2, 0.25) is 0 Å². The van der Waals surface area contributed by atoms with Crippen molar-refractivity contribution in [2.75, 3.05) is 7.05 Å². The van der Waals surface area contributed by atoms with Crippen molar-refractivity contribution in [3.8, 4) is 0 Å². The third kappa shape index (κ3) is 2.48. The van der Waals surface area contributed by atoms with E-state index in [0.717, 1.165) is 0 Å². The minimum absolute atomic E-state index is 0.569. The zero-order valence-corrected chi connectivity index (χ0v) is 7.39. The highest BCUT2D eigenvalue weighted by molar-refractivity contribution is 6.35. The summed E-state index contributed by atoms with van der Waals surface area (Å²) in [6.45, 7) is 0. The molecule has 0 unspecified atom stereocenters. The number of azo groups is 1. The van der Waals surface area contributed by atoms with Crippen molar-refractivity contribution < 1.29 is 0 Å². The molecule has 0 N–H and O–H groups in total. The number of hydrogen-bond donors (Lipinski definition) is 0. The molecule has 0 heterocycles. The van der Waals surface area contributed by atoms with Gasteiger partial charge in [0.25, 0.3) is 0 Å². The van der Waals surface area contributed by atoms with E-state index in [-0.39, 0.29) is 0 Å². The predicted molar refractivity (Wildman–Crippen MR) is 46.9 cm³/mol. The molecule has 0 amide bonds. The van der Waals surface area contributed by atoms with Crippen LogP contribution in [-0.2, 0) is 0 Å². The van der Waals surface area contributed by atoms with Crippen molar-refractivity contribution >= 4 is 28.9 Å². The molecule has 0 radical (unpaired) electrons. The van der Waals surface area contributed by atoms with Crippen LogP contribution in [0.1, 0.15) is 0 Å². The van der Waals surface area contributed by atoms with Gasteiger partial charge in [0.1, 0.15) is 0 Å². The lowest BCUT2D eigenvalue weighted by Crippen LogP contribution is -1.66. The van der Waals surface area contributed by atoms with Crippen molar-refractivity contribution in [3.63, 3.8) is 0 Å².